The summed E-state index contributed by atoms with van der Waals surface area (Å²) < 4.78 is 50.5. The summed E-state index contributed by atoms with van der Waals surface area (Å²) in [6.45, 7) is 5.86. The van der Waals surface area contributed by atoms with Gasteiger partial charge in [0.2, 0.25) is 10.0 Å². The number of ether oxygens (including phenoxy) is 2. The summed E-state index contributed by atoms with van der Waals surface area (Å²) >= 11 is 0. The molecule has 1 aliphatic heterocycles. The van der Waals surface area contributed by atoms with Crippen molar-refractivity contribution in [1.29, 1.82) is 0 Å². The lowest BCUT2D eigenvalue weighted by Gasteiger charge is -2.37. The number of carbonyl (C=O) groups is 2. The molecule has 0 bridgehead atoms. The highest BCUT2D eigenvalue weighted by molar-refractivity contribution is 7.88. The van der Waals surface area contributed by atoms with Gasteiger partial charge in [0.05, 0.1) is 18.9 Å². The Morgan fingerprint density at radius 3 is 2.30 bits per heavy atom. The number of nitrogens with zero attached hydrogens (tertiary/aromatic N) is 2. The van der Waals surface area contributed by atoms with Gasteiger partial charge < -0.3 is 14.4 Å². The third-order valence-electron chi connectivity index (χ3n) is 4.75. The van der Waals surface area contributed by atoms with Gasteiger partial charge in [-0.05, 0) is 45.7 Å². The number of sulfonamides is 1. The van der Waals surface area contributed by atoms with Crippen LogP contribution in [0.15, 0.2) is 18.2 Å². The van der Waals surface area contributed by atoms with Crippen molar-refractivity contribution in [3.8, 4) is 0 Å². The van der Waals surface area contributed by atoms with Crippen LogP contribution in [-0.4, -0.2) is 67.8 Å². The molecule has 0 N–H and O–H groups in total. The lowest BCUT2D eigenvalue weighted by molar-refractivity contribution is 0.0176. The van der Waals surface area contributed by atoms with Crippen LogP contribution >= 0.6 is 0 Å². The maximum Gasteiger partial charge on any atom is 0.410 e. The van der Waals surface area contributed by atoms with Crippen LogP contribution in [-0.2, 0) is 26.0 Å². The number of esters is 1. The molecule has 1 amide bonds. The van der Waals surface area contributed by atoms with Crippen LogP contribution < -0.4 is 0 Å². The van der Waals surface area contributed by atoms with Gasteiger partial charge >= 0.3 is 12.1 Å². The summed E-state index contributed by atoms with van der Waals surface area (Å²) in [6, 6.07) is 3.44. The number of rotatable bonds is 5. The summed E-state index contributed by atoms with van der Waals surface area (Å²) in [5, 5.41) is 0. The Morgan fingerprint density at radius 2 is 1.83 bits per heavy atom. The van der Waals surface area contributed by atoms with Crippen molar-refractivity contribution in [2.24, 2.45) is 0 Å². The predicted molar refractivity (Wildman–Crippen MR) is 109 cm³/mol. The Balaban J connectivity index is 2.12. The van der Waals surface area contributed by atoms with Crippen molar-refractivity contribution in [2.45, 2.75) is 51.8 Å². The van der Waals surface area contributed by atoms with Crippen LogP contribution in [0.2, 0.25) is 0 Å². The Kier molecular flexibility index (Phi) is 7.46. The zero-order valence-electron chi connectivity index (χ0n) is 18.0. The first-order valence-electron chi connectivity index (χ1n) is 9.63. The van der Waals surface area contributed by atoms with E-state index in [2.05, 4.69) is 4.74 Å². The standard InChI is InChI=1S/C20H29FN2O6S/c1-20(2,3)29-19(25)22-10-8-16(9-11-22)23(30(5,26)27)13-15-7-6-14(12-17(15)21)18(24)28-4/h6-7,12,16H,8-11,13H2,1-5H3. The van der Waals surface area contributed by atoms with E-state index in [9.17, 15) is 22.4 Å². The van der Waals surface area contributed by atoms with Crippen LogP contribution in [0, 0.1) is 5.82 Å². The van der Waals surface area contributed by atoms with Gasteiger partial charge in [-0.15, -0.1) is 0 Å². The summed E-state index contributed by atoms with van der Waals surface area (Å²) in [7, 11) is -2.44. The largest absolute Gasteiger partial charge is 0.465 e. The van der Waals surface area contributed by atoms with E-state index in [4.69, 9.17) is 4.74 Å². The molecular formula is C20H29FN2O6S. The van der Waals surface area contributed by atoms with Crippen LogP contribution in [0.25, 0.3) is 0 Å². The monoisotopic (exact) mass is 444 g/mol. The van der Waals surface area contributed by atoms with Crippen molar-refractivity contribution >= 4 is 22.1 Å². The Labute approximate surface area is 177 Å². The molecule has 30 heavy (non-hydrogen) atoms. The zero-order valence-corrected chi connectivity index (χ0v) is 18.8. The molecule has 0 saturated carbocycles. The molecule has 1 heterocycles. The molecule has 0 aliphatic carbocycles. The van der Waals surface area contributed by atoms with E-state index in [1.165, 1.54) is 23.5 Å². The van der Waals surface area contributed by atoms with Gasteiger partial charge in [-0.2, -0.15) is 4.31 Å². The SMILES string of the molecule is COC(=O)c1ccc(CN(C2CCN(C(=O)OC(C)(C)C)CC2)S(C)(=O)=O)c(F)c1. The number of piperidine rings is 1. The molecule has 0 unspecified atom stereocenters. The van der Waals surface area contributed by atoms with Crippen molar-refractivity contribution in [3.05, 3.63) is 35.1 Å². The molecule has 1 aliphatic rings. The highest BCUT2D eigenvalue weighted by Crippen LogP contribution is 2.24. The first-order chi connectivity index (χ1) is 13.8. The Hall–Kier alpha value is -2.20. The highest BCUT2D eigenvalue weighted by atomic mass is 32.2. The van der Waals surface area contributed by atoms with Gasteiger partial charge in [0.25, 0.3) is 0 Å². The number of hydrogen-bond acceptors (Lipinski definition) is 6. The number of amides is 1. The van der Waals surface area contributed by atoms with E-state index in [-0.39, 0.29) is 23.7 Å². The lowest BCUT2D eigenvalue weighted by atomic mass is 10.0. The molecule has 2 rings (SSSR count). The number of halogens is 1. The fraction of sp³-hybridized carbons (Fsp3) is 0.600. The maximum atomic E-state index is 14.5. The van der Waals surface area contributed by atoms with Crippen LogP contribution in [0.5, 0.6) is 0 Å². The number of carbonyl (C=O) groups excluding carboxylic acids is 2. The minimum atomic E-state index is -3.64. The minimum absolute atomic E-state index is 0.0512. The molecule has 8 nitrogen and oxygen atoms in total. The quantitative estimate of drug-likeness (QED) is 0.649. The number of hydrogen-bond donors (Lipinski definition) is 0. The summed E-state index contributed by atoms with van der Waals surface area (Å²) in [6.07, 6.45) is 1.47. The van der Waals surface area contributed by atoms with Crippen molar-refractivity contribution < 1.29 is 31.9 Å². The number of likely N-dealkylation sites (tertiary alicyclic amines) is 1. The molecule has 168 valence electrons. The highest BCUT2D eigenvalue weighted by Gasteiger charge is 2.33. The van der Waals surface area contributed by atoms with Gasteiger partial charge in [0.1, 0.15) is 11.4 Å². The summed E-state index contributed by atoms with van der Waals surface area (Å²) in [4.78, 5) is 25.3. The van der Waals surface area contributed by atoms with E-state index in [0.29, 0.717) is 25.9 Å². The zero-order chi connectivity index (χ0) is 22.7. The van der Waals surface area contributed by atoms with Crippen molar-refractivity contribution in [3.63, 3.8) is 0 Å². The fourth-order valence-electron chi connectivity index (χ4n) is 3.27. The van der Waals surface area contributed by atoms with Crippen LogP contribution in [0.3, 0.4) is 0 Å². The van der Waals surface area contributed by atoms with Crippen LogP contribution in [0.1, 0.15) is 49.5 Å². The molecule has 1 saturated heterocycles. The third-order valence-corrected chi connectivity index (χ3v) is 6.03. The number of benzene rings is 1. The Bertz CT molecular complexity index is 889. The van der Waals surface area contributed by atoms with Gasteiger partial charge in [0, 0.05) is 31.2 Å². The van der Waals surface area contributed by atoms with E-state index in [1.54, 1.807) is 25.7 Å². The second-order valence-corrected chi connectivity index (χ2v) is 10.2. The third kappa shape index (κ3) is 6.40. The molecule has 1 fully saturated rings. The molecular weight excluding hydrogens is 415 g/mol. The molecule has 0 spiro atoms. The predicted octanol–water partition coefficient (Wildman–Crippen LogP) is 2.77. The van der Waals surface area contributed by atoms with E-state index < -0.39 is 33.5 Å². The van der Waals surface area contributed by atoms with Gasteiger partial charge in [-0.1, -0.05) is 6.07 Å². The average Bonchev–Trinajstić information content (AvgIpc) is 2.64. The molecule has 0 radical (unpaired) electrons. The van der Waals surface area contributed by atoms with Gasteiger partial charge in [0.15, 0.2) is 0 Å². The van der Waals surface area contributed by atoms with E-state index in [0.717, 1.165) is 12.3 Å². The first kappa shape index (κ1) is 24.1. The van der Waals surface area contributed by atoms with Crippen molar-refractivity contribution in [2.75, 3.05) is 26.5 Å². The summed E-state index contributed by atoms with van der Waals surface area (Å²) in [5.74, 6) is -1.35. The van der Waals surface area contributed by atoms with Gasteiger partial charge in [-0.25, -0.2) is 22.4 Å². The summed E-state index contributed by atoms with van der Waals surface area (Å²) in [5.41, 5.74) is -0.404. The topological polar surface area (TPSA) is 93.2 Å². The molecule has 1 aromatic rings. The molecule has 10 heteroatoms. The first-order valence-corrected chi connectivity index (χ1v) is 11.5. The molecule has 0 atom stereocenters. The maximum absolute atomic E-state index is 14.5. The normalized spacial score (nSPS) is 15.9. The number of methoxy groups -OCH3 is 1. The lowest BCUT2D eigenvalue weighted by Crippen LogP contribution is -2.49. The van der Waals surface area contributed by atoms with Crippen LogP contribution in [0.4, 0.5) is 9.18 Å². The second kappa shape index (κ2) is 9.30. The second-order valence-electron chi connectivity index (χ2n) is 8.30. The molecule has 0 aromatic heterocycles. The van der Waals surface area contributed by atoms with E-state index >= 15 is 0 Å². The van der Waals surface area contributed by atoms with Crippen molar-refractivity contribution in [1.82, 2.24) is 9.21 Å². The van der Waals surface area contributed by atoms with Gasteiger partial charge in [-0.3, -0.25) is 0 Å². The average molecular weight is 445 g/mol. The minimum Gasteiger partial charge on any atom is -0.465 e. The fourth-order valence-corrected chi connectivity index (χ4v) is 4.39. The van der Waals surface area contributed by atoms with E-state index in [1.807, 2.05) is 0 Å². The smallest absolute Gasteiger partial charge is 0.410 e. The Morgan fingerprint density at radius 1 is 1.23 bits per heavy atom. The molecule has 1 aromatic carbocycles.